The maximum Gasteiger partial charge on any atom is 0.322 e. The van der Waals surface area contributed by atoms with Gasteiger partial charge in [-0.1, -0.05) is 20.3 Å². The van der Waals surface area contributed by atoms with Crippen molar-refractivity contribution < 1.29 is 14.6 Å². The summed E-state index contributed by atoms with van der Waals surface area (Å²) >= 11 is 1.83. The van der Waals surface area contributed by atoms with Gasteiger partial charge < -0.3 is 20.1 Å². The summed E-state index contributed by atoms with van der Waals surface area (Å²) < 4.78 is 5.27. The van der Waals surface area contributed by atoms with E-state index in [9.17, 15) is 9.90 Å². The third-order valence-electron chi connectivity index (χ3n) is 5.12. The van der Waals surface area contributed by atoms with Crippen LogP contribution in [0, 0.1) is 0 Å². The van der Waals surface area contributed by atoms with Gasteiger partial charge >= 0.3 is 6.03 Å². The van der Waals surface area contributed by atoms with Crippen LogP contribution in [-0.2, 0) is 4.74 Å². The first-order valence-corrected chi connectivity index (χ1v) is 11.4. The predicted octanol–water partition coefficient (Wildman–Crippen LogP) is 4.27. The molecule has 1 aromatic heterocycles. The molecule has 1 fully saturated rings. The summed E-state index contributed by atoms with van der Waals surface area (Å²) in [5.41, 5.74) is 2.50. The van der Waals surface area contributed by atoms with Gasteiger partial charge in [0.25, 0.3) is 0 Å². The van der Waals surface area contributed by atoms with Crippen molar-refractivity contribution in [2.75, 3.05) is 31.6 Å². The van der Waals surface area contributed by atoms with E-state index in [0.717, 1.165) is 28.8 Å². The minimum Gasteiger partial charge on any atom is -0.506 e. The SMILES string of the molecule is CCCC(C)Sc1ccc2nn(-c3ccc(NC(=O)N4CCOCC4)cc3O)nc2c1. The van der Waals surface area contributed by atoms with Crippen LogP contribution in [-0.4, -0.2) is 62.6 Å². The molecule has 4 rings (SSSR count). The van der Waals surface area contributed by atoms with E-state index in [4.69, 9.17) is 4.74 Å². The topological polar surface area (TPSA) is 92.5 Å². The van der Waals surface area contributed by atoms with Crippen molar-refractivity contribution in [3.05, 3.63) is 36.4 Å². The summed E-state index contributed by atoms with van der Waals surface area (Å²) in [5, 5.41) is 22.9. The molecule has 1 unspecified atom stereocenters. The van der Waals surface area contributed by atoms with Gasteiger partial charge in [0.05, 0.1) is 13.2 Å². The molecule has 8 nitrogen and oxygen atoms in total. The fourth-order valence-electron chi connectivity index (χ4n) is 3.51. The lowest BCUT2D eigenvalue weighted by Gasteiger charge is -2.26. The standard InChI is InChI=1S/C22H27N5O3S/c1-3-4-15(2)31-17-6-7-18-19(14-17)25-27(24-18)20-8-5-16(13-21(20)28)23-22(29)26-9-11-30-12-10-26/h5-8,13-15,28H,3-4,9-12H2,1-2H3,(H,23,29). The number of phenols is 1. The molecule has 31 heavy (non-hydrogen) atoms. The first kappa shape index (κ1) is 21.5. The number of aromatic hydroxyl groups is 1. The van der Waals surface area contributed by atoms with Gasteiger partial charge in [-0.3, -0.25) is 0 Å². The fourth-order valence-corrected chi connectivity index (χ4v) is 4.66. The first-order chi connectivity index (χ1) is 15.0. The maximum atomic E-state index is 12.3. The predicted molar refractivity (Wildman–Crippen MR) is 122 cm³/mol. The van der Waals surface area contributed by atoms with Gasteiger partial charge in [0.1, 0.15) is 22.5 Å². The fraction of sp³-hybridized carbons (Fsp3) is 0.409. The molecule has 0 aliphatic carbocycles. The molecule has 3 aromatic rings. The quantitative estimate of drug-likeness (QED) is 0.555. The van der Waals surface area contributed by atoms with Crippen LogP contribution in [0.25, 0.3) is 16.7 Å². The number of carbonyl (C=O) groups is 1. The van der Waals surface area contributed by atoms with Crippen molar-refractivity contribution in [1.29, 1.82) is 0 Å². The highest BCUT2D eigenvalue weighted by Gasteiger charge is 2.18. The second-order valence-corrected chi connectivity index (χ2v) is 9.10. The molecule has 2 N–H and O–H groups in total. The maximum absolute atomic E-state index is 12.3. The first-order valence-electron chi connectivity index (χ1n) is 10.5. The second kappa shape index (κ2) is 9.57. The summed E-state index contributed by atoms with van der Waals surface area (Å²) in [4.78, 5) is 16.6. The summed E-state index contributed by atoms with van der Waals surface area (Å²) in [5.74, 6) is -0.00810. The third-order valence-corrected chi connectivity index (χ3v) is 6.29. The molecule has 1 saturated heterocycles. The Kier molecular flexibility index (Phi) is 6.62. The molecule has 2 aromatic carbocycles. The number of amides is 2. The average molecular weight is 442 g/mol. The van der Waals surface area contributed by atoms with E-state index in [1.165, 1.54) is 10.9 Å². The van der Waals surface area contributed by atoms with Crippen molar-refractivity contribution in [3.63, 3.8) is 0 Å². The zero-order valence-electron chi connectivity index (χ0n) is 17.7. The normalized spacial score (nSPS) is 15.2. The lowest BCUT2D eigenvalue weighted by Crippen LogP contribution is -2.43. The highest BCUT2D eigenvalue weighted by molar-refractivity contribution is 8.00. The lowest BCUT2D eigenvalue weighted by molar-refractivity contribution is 0.0564. The van der Waals surface area contributed by atoms with Gasteiger partial charge in [0.15, 0.2) is 0 Å². The summed E-state index contributed by atoms with van der Waals surface area (Å²) in [6.45, 7) is 6.60. The average Bonchev–Trinajstić information content (AvgIpc) is 3.17. The molecular weight excluding hydrogens is 414 g/mol. The number of rotatable bonds is 6. The number of phenolic OH excluding ortho intramolecular Hbond substituents is 1. The van der Waals surface area contributed by atoms with Crippen molar-refractivity contribution in [2.24, 2.45) is 0 Å². The van der Waals surface area contributed by atoms with E-state index >= 15 is 0 Å². The summed E-state index contributed by atoms with van der Waals surface area (Å²) in [7, 11) is 0. The van der Waals surface area contributed by atoms with Crippen LogP contribution in [0.4, 0.5) is 10.5 Å². The molecule has 1 aliphatic heterocycles. The van der Waals surface area contributed by atoms with Gasteiger partial charge in [0.2, 0.25) is 0 Å². The zero-order chi connectivity index (χ0) is 21.8. The molecule has 9 heteroatoms. The van der Waals surface area contributed by atoms with E-state index in [2.05, 4.69) is 35.4 Å². The minimum atomic E-state index is -0.208. The Morgan fingerprint density at radius 1 is 1.19 bits per heavy atom. The second-order valence-electron chi connectivity index (χ2n) is 7.59. The molecular formula is C22H27N5O3S. The Morgan fingerprint density at radius 3 is 2.71 bits per heavy atom. The van der Waals surface area contributed by atoms with Crippen LogP contribution in [0.5, 0.6) is 5.75 Å². The zero-order valence-corrected chi connectivity index (χ0v) is 18.6. The van der Waals surface area contributed by atoms with Crippen LogP contribution >= 0.6 is 11.8 Å². The minimum absolute atomic E-state index is 0.00810. The van der Waals surface area contributed by atoms with E-state index in [-0.39, 0.29) is 11.8 Å². The highest BCUT2D eigenvalue weighted by Crippen LogP contribution is 2.29. The van der Waals surface area contributed by atoms with E-state index in [1.54, 1.807) is 17.0 Å². The number of aromatic nitrogens is 3. The van der Waals surface area contributed by atoms with Crippen molar-refractivity contribution in [1.82, 2.24) is 19.9 Å². The molecule has 2 amide bonds. The number of hydrogen-bond acceptors (Lipinski definition) is 6. The molecule has 164 valence electrons. The number of urea groups is 1. The van der Waals surface area contributed by atoms with Crippen molar-refractivity contribution >= 4 is 34.5 Å². The van der Waals surface area contributed by atoms with E-state index in [1.807, 2.05) is 23.9 Å². The monoisotopic (exact) mass is 441 g/mol. The number of benzene rings is 2. The lowest BCUT2D eigenvalue weighted by atomic mass is 10.2. The number of anilines is 1. The molecule has 0 bridgehead atoms. The smallest absolute Gasteiger partial charge is 0.322 e. The van der Waals surface area contributed by atoms with Crippen LogP contribution < -0.4 is 5.32 Å². The largest absolute Gasteiger partial charge is 0.506 e. The Labute approximate surface area is 185 Å². The summed E-state index contributed by atoms with van der Waals surface area (Å²) in [6.07, 6.45) is 2.33. The number of hydrogen-bond donors (Lipinski definition) is 2. The van der Waals surface area contributed by atoms with Crippen molar-refractivity contribution in [3.8, 4) is 11.4 Å². The van der Waals surface area contributed by atoms with Crippen LogP contribution in [0.2, 0.25) is 0 Å². The van der Waals surface area contributed by atoms with E-state index < -0.39 is 0 Å². The number of thioether (sulfide) groups is 1. The number of ether oxygens (including phenoxy) is 1. The van der Waals surface area contributed by atoms with Gasteiger partial charge in [0, 0.05) is 35.0 Å². The van der Waals surface area contributed by atoms with Crippen LogP contribution in [0.3, 0.4) is 0 Å². The molecule has 0 radical (unpaired) electrons. The van der Waals surface area contributed by atoms with Crippen LogP contribution in [0.15, 0.2) is 41.3 Å². The Hall–Kier alpha value is -2.78. The van der Waals surface area contributed by atoms with Gasteiger partial charge in [-0.05, 0) is 36.8 Å². The van der Waals surface area contributed by atoms with Crippen molar-refractivity contribution in [2.45, 2.75) is 36.8 Å². The Morgan fingerprint density at radius 2 is 1.97 bits per heavy atom. The number of nitrogens with zero attached hydrogens (tertiary/aromatic N) is 4. The molecule has 0 spiro atoms. The molecule has 1 atom stereocenters. The van der Waals surface area contributed by atoms with Gasteiger partial charge in [-0.2, -0.15) is 0 Å². The summed E-state index contributed by atoms with van der Waals surface area (Å²) in [6, 6.07) is 10.8. The highest BCUT2D eigenvalue weighted by atomic mass is 32.2. The van der Waals surface area contributed by atoms with Gasteiger partial charge in [-0.25, -0.2) is 4.79 Å². The van der Waals surface area contributed by atoms with Gasteiger partial charge in [-0.15, -0.1) is 26.8 Å². The molecule has 0 saturated carbocycles. The molecule has 2 heterocycles. The Balaban J connectivity index is 1.50. The number of morpholine rings is 1. The van der Waals surface area contributed by atoms with Crippen LogP contribution in [0.1, 0.15) is 26.7 Å². The number of carbonyl (C=O) groups excluding carboxylic acids is 1. The third kappa shape index (κ3) is 5.11. The number of fused-ring (bicyclic) bond motifs is 1. The Bertz CT molecular complexity index is 1060. The number of nitrogens with one attached hydrogen (secondary N) is 1. The van der Waals surface area contributed by atoms with E-state index in [0.29, 0.717) is 42.9 Å². The molecule has 1 aliphatic rings.